The van der Waals surface area contributed by atoms with E-state index in [1.54, 1.807) is 14.2 Å². The molecule has 1 aliphatic heterocycles. The van der Waals surface area contributed by atoms with Crippen molar-refractivity contribution in [3.63, 3.8) is 0 Å². The molecule has 1 N–H and O–H groups in total. The summed E-state index contributed by atoms with van der Waals surface area (Å²) in [6, 6.07) is 3.46. The quantitative estimate of drug-likeness (QED) is 0.822. The zero-order valence-electron chi connectivity index (χ0n) is 14.9. The first-order chi connectivity index (χ1) is 11.2. The first kappa shape index (κ1) is 22.3. The minimum atomic E-state index is -0.182. The lowest BCUT2D eigenvalue weighted by molar-refractivity contribution is 0.122. The second-order valence-corrected chi connectivity index (χ2v) is 6.50. The second kappa shape index (κ2) is 10.4. The van der Waals surface area contributed by atoms with Crippen LogP contribution in [0.5, 0.6) is 11.5 Å². The molecule has 1 heterocycles. The molecule has 3 rings (SSSR count). The maximum atomic E-state index is 14.8. The third-order valence-corrected chi connectivity index (χ3v) is 5.21. The summed E-state index contributed by atoms with van der Waals surface area (Å²) in [5.41, 5.74) is 0.761. The van der Waals surface area contributed by atoms with Gasteiger partial charge in [-0.1, -0.05) is 12.8 Å². The normalized spacial score (nSPS) is 19.6. The summed E-state index contributed by atoms with van der Waals surface area (Å²) in [4.78, 5) is 2.44. The fourth-order valence-corrected chi connectivity index (χ4v) is 4.08. The number of hydrogen-bond acceptors (Lipinski definition) is 4. The molecule has 7 heteroatoms. The van der Waals surface area contributed by atoms with Crippen LogP contribution in [-0.2, 0) is 0 Å². The van der Waals surface area contributed by atoms with Gasteiger partial charge in [0.25, 0.3) is 0 Å². The van der Waals surface area contributed by atoms with Gasteiger partial charge < -0.3 is 14.8 Å². The zero-order valence-corrected chi connectivity index (χ0v) is 16.6. The number of methoxy groups -OCH3 is 2. The molecule has 1 aromatic rings. The van der Waals surface area contributed by atoms with E-state index >= 15 is 0 Å². The fraction of sp³-hybridized carbons (Fsp3) is 0.667. The van der Waals surface area contributed by atoms with Crippen LogP contribution in [0.25, 0.3) is 0 Å². The van der Waals surface area contributed by atoms with Crippen molar-refractivity contribution in [3.05, 3.63) is 23.5 Å². The van der Waals surface area contributed by atoms with Gasteiger partial charge >= 0.3 is 0 Å². The lowest BCUT2D eigenvalue weighted by atomic mass is 9.89. The number of halogens is 3. The second-order valence-electron chi connectivity index (χ2n) is 6.50. The highest BCUT2D eigenvalue weighted by molar-refractivity contribution is 5.85. The van der Waals surface area contributed by atoms with E-state index in [4.69, 9.17) is 9.47 Å². The molecule has 0 radical (unpaired) electrons. The zero-order chi connectivity index (χ0) is 16.2. The molecule has 0 amide bonds. The third-order valence-electron chi connectivity index (χ3n) is 5.21. The van der Waals surface area contributed by atoms with Crippen molar-refractivity contribution in [2.24, 2.45) is 5.92 Å². The van der Waals surface area contributed by atoms with Crippen LogP contribution in [0.15, 0.2) is 12.1 Å². The smallest absolute Gasteiger partial charge is 0.163 e. The molecule has 0 aromatic heterocycles. The Morgan fingerprint density at radius 1 is 1.04 bits per heavy atom. The molecule has 0 spiro atoms. The van der Waals surface area contributed by atoms with Crippen molar-refractivity contribution in [3.8, 4) is 11.5 Å². The predicted molar refractivity (Wildman–Crippen MR) is 103 cm³/mol. The van der Waals surface area contributed by atoms with Gasteiger partial charge in [0.1, 0.15) is 5.82 Å². The summed E-state index contributed by atoms with van der Waals surface area (Å²) in [7, 11) is 3.15. The largest absolute Gasteiger partial charge is 0.493 e. The molecule has 0 unspecified atom stereocenters. The van der Waals surface area contributed by atoms with Crippen LogP contribution in [0.3, 0.4) is 0 Å². The van der Waals surface area contributed by atoms with Gasteiger partial charge in [0.05, 0.1) is 14.2 Å². The Bertz CT molecular complexity index is 536. The number of rotatable bonds is 5. The third kappa shape index (κ3) is 4.91. The highest BCUT2D eigenvalue weighted by atomic mass is 35.5. The van der Waals surface area contributed by atoms with E-state index in [0.29, 0.717) is 17.4 Å². The molecular formula is C18H29Cl2FN2O2. The van der Waals surface area contributed by atoms with E-state index in [9.17, 15) is 4.39 Å². The maximum Gasteiger partial charge on any atom is 0.163 e. The van der Waals surface area contributed by atoms with Crippen molar-refractivity contribution in [1.29, 1.82) is 0 Å². The fourth-order valence-electron chi connectivity index (χ4n) is 4.08. The van der Waals surface area contributed by atoms with Gasteiger partial charge in [-0.15, -0.1) is 24.8 Å². The van der Waals surface area contributed by atoms with Crippen molar-refractivity contribution < 1.29 is 13.9 Å². The van der Waals surface area contributed by atoms with Crippen LogP contribution in [-0.4, -0.2) is 45.3 Å². The summed E-state index contributed by atoms with van der Waals surface area (Å²) in [6.07, 6.45) is 4.87. The predicted octanol–water partition coefficient (Wildman–Crippen LogP) is 3.82. The number of ether oxygens (including phenoxy) is 2. The molecule has 2 aliphatic rings. The number of benzene rings is 1. The average Bonchev–Trinajstić information content (AvgIpc) is 3.11. The van der Waals surface area contributed by atoms with Crippen molar-refractivity contribution in [2.75, 3.05) is 40.4 Å². The highest BCUT2D eigenvalue weighted by Gasteiger charge is 2.34. The van der Waals surface area contributed by atoms with E-state index < -0.39 is 0 Å². The Morgan fingerprint density at radius 2 is 1.60 bits per heavy atom. The summed E-state index contributed by atoms with van der Waals surface area (Å²) in [5, 5.41) is 3.39. The molecule has 144 valence electrons. The molecule has 1 aliphatic carbocycles. The van der Waals surface area contributed by atoms with Gasteiger partial charge in [0.15, 0.2) is 11.5 Å². The Hall–Kier alpha value is -0.750. The van der Waals surface area contributed by atoms with Gasteiger partial charge in [-0.25, -0.2) is 4.39 Å². The first-order valence-corrected chi connectivity index (χ1v) is 8.60. The van der Waals surface area contributed by atoms with Gasteiger partial charge in [0.2, 0.25) is 0 Å². The van der Waals surface area contributed by atoms with Gasteiger partial charge in [-0.05, 0) is 24.8 Å². The Kier molecular flexibility index (Phi) is 9.28. The number of piperazine rings is 1. The lowest BCUT2D eigenvalue weighted by Gasteiger charge is -2.39. The summed E-state index contributed by atoms with van der Waals surface area (Å²) in [5.74, 6) is 1.42. The van der Waals surface area contributed by atoms with E-state index in [2.05, 4.69) is 10.2 Å². The minimum absolute atomic E-state index is 0. The molecule has 1 saturated heterocycles. The van der Waals surface area contributed by atoms with Crippen LogP contribution in [0, 0.1) is 11.7 Å². The summed E-state index contributed by atoms with van der Waals surface area (Å²) >= 11 is 0. The Labute approximate surface area is 162 Å². The Balaban J connectivity index is 0.00000156. The summed E-state index contributed by atoms with van der Waals surface area (Å²) < 4.78 is 25.5. The highest BCUT2D eigenvalue weighted by Crippen LogP contribution is 2.43. The van der Waals surface area contributed by atoms with Gasteiger partial charge in [0, 0.05) is 43.9 Å². The van der Waals surface area contributed by atoms with E-state index in [1.165, 1.54) is 31.7 Å². The average molecular weight is 395 g/mol. The monoisotopic (exact) mass is 394 g/mol. The van der Waals surface area contributed by atoms with Gasteiger partial charge in [-0.3, -0.25) is 4.90 Å². The standard InChI is InChI=1S/C18H27FN2O2.2ClH/c1-22-16-11-14(15(19)12-17(16)23-2)18(13-5-3-4-6-13)21-9-7-20-8-10-21;;/h11-13,18,20H,3-10H2,1-2H3;2*1H/t18-;;/m1../s1. The van der Waals surface area contributed by atoms with Crippen LogP contribution in [0.1, 0.15) is 37.3 Å². The van der Waals surface area contributed by atoms with E-state index in [1.807, 2.05) is 6.07 Å². The molecule has 0 bridgehead atoms. The van der Waals surface area contributed by atoms with Crippen molar-refractivity contribution in [2.45, 2.75) is 31.7 Å². The number of nitrogens with zero attached hydrogens (tertiary/aromatic N) is 1. The van der Waals surface area contributed by atoms with Crippen LogP contribution in [0.2, 0.25) is 0 Å². The first-order valence-electron chi connectivity index (χ1n) is 8.60. The van der Waals surface area contributed by atoms with Crippen LogP contribution < -0.4 is 14.8 Å². The topological polar surface area (TPSA) is 33.7 Å². The van der Waals surface area contributed by atoms with Crippen LogP contribution >= 0.6 is 24.8 Å². The molecule has 2 fully saturated rings. The lowest BCUT2D eigenvalue weighted by Crippen LogP contribution is -2.46. The minimum Gasteiger partial charge on any atom is -0.493 e. The van der Waals surface area contributed by atoms with E-state index in [-0.39, 0.29) is 36.7 Å². The summed E-state index contributed by atoms with van der Waals surface area (Å²) in [6.45, 7) is 3.88. The van der Waals surface area contributed by atoms with E-state index in [0.717, 1.165) is 31.7 Å². The van der Waals surface area contributed by atoms with Gasteiger partial charge in [-0.2, -0.15) is 0 Å². The van der Waals surface area contributed by atoms with Crippen LogP contribution in [0.4, 0.5) is 4.39 Å². The Morgan fingerprint density at radius 3 is 2.16 bits per heavy atom. The number of nitrogens with one attached hydrogen (secondary N) is 1. The molecule has 25 heavy (non-hydrogen) atoms. The molecule has 1 atom stereocenters. The maximum absolute atomic E-state index is 14.8. The number of hydrogen-bond donors (Lipinski definition) is 1. The molecule has 1 aromatic carbocycles. The molecule has 1 saturated carbocycles. The molecular weight excluding hydrogens is 366 g/mol. The SMILES string of the molecule is COc1cc(F)c([C@@H](C2CCCC2)N2CCNCC2)cc1OC.Cl.Cl. The molecule has 4 nitrogen and oxygen atoms in total. The van der Waals surface area contributed by atoms with Crippen molar-refractivity contribution in [1.82, 2.24) is 10.2 Å². The van der Waals surface area contributed by atoms with Crippen molar-refractivity contribution >= 4 is 24.8 Å².